The number of nitrogens with zero attached hydrogens (tertiary/aromatic N) is 2. The SMILES string of the molecule is N#Cc1ccc(N(CCCO)C2CCC2)cc1. The molecule has 2 rings (SSSR count). The van der Waals surface area contributed by atoms with Crippen LogP contribution in [0.5, 0.6) is 0 Å². The van der Waals surface area contributed by atoms with Crippen molar-refractivity contribution in [2.75, 3.05) is 18.1 Å². The van der Waals surface area contributed by atoms with Gasteiger partial charge in [-0.25, -0.2) is 0 Å². The molecule has 0 spiro atoms. The predicted octanol–water partition coefficient (Wildman–Crippen LogP) is 2.30. The van der Waals surface area contributed by atoms with Crippen molar-refractivity contribution in [3.8, 4) is 6.07 Å². The normalized spacial score (nSPS) is 15.1. The molecule has 0 saturated heterocycles. The van der Waals surface area contributed by atoms with E-state index in [9.17, 15) is 0 Å². The second-order valence-electron chi connectivity index (χ2n) is 4.51. The zero-order valence-corrected chi connectivity index (χ0v) is 9.97. The van der Waals surface area contributed by atoms with E-state index in [4.69, 9.17) is 10.4 Å². The minimum atomic E-state index is 0.236. The van der Waals surface area contributed by atoms with Gasteiger partial charge in [-0.3, -0.25) is 0 Å². The fourth-order valence-electron chi connectivity index (χ4n) is 2.19. The Morgan fingerprint density at radius 2 is 2.00 bits per heavy atom. The van der Waals surface area contributed by atoms with Gasteiger partial charge in [-0.2, -0.15) is 5.26 Å². The molecule has 3 nitrogen and oxygen atoms in total. The number of hydrogen-bond acceptors (Lipinski definition) is 3. The first-order valence-electron chi connectivity index (χ1n) is 6.23. The Morgan fingerprint density at radius 1 is 1.29 bits per heavy atom. The topological polar surface area (TPSA) is 47.3 Å². The lowest BCUT2D eigenvalue weighted by molar-refractivity contribution is 0.283. The zero-order chi connectivity index (χ0) is 12.1. The van der Waals surface area contributed by atoms with Crippen LogP contribution in [0, 0.1) is 11.3 Å². The Hall–Kier alpha value is -1.53. The van der Waals surface area contributed by atoms with Gasteiger partial charge in [0.15, 0.2) is 0 Å². The van der Waals surface area contributed by atoms with Crippen molar-refractivity contribution in [1.82, 2.24) is 0 Å². The van der Waals surface area contributed by atoms with E-state index in [1.807, 2.05) is 24.3 Å². The van der Waals surface area contributed by atoms with E-state index in [-0.39, 0.29) is 6.61 Å². The molecule has 1 saturated carbocycles. The van der Waals surface area contributed by atoms with Crippen LogP contribution in [0.2, 0.25) is 0 Å². The lowest BCUT2D eigenvalue weighted by Crippen LogP contribution is -2.41. The maximum Gasteiger partial charge on any atom is 0.0991 e. The van der Waals surface area contributed by atoms with Crippen LogP contribution in [-0.4, -0.2) is 24.3 Å². The van der Waals surface area contributed by atoms with Crippen LogP contribution < -0.4 is 4.90 Å². The molecule has 0 aromatic heterocycles. The molecule has 0 atom stereocenters. The number of rotatable bonds is 5. The molecule has 0 amide bonds. The van der Waals surface area contributed by atoms with Gasteiger partial charge in [-0.15, -0.1) is 0 Å². The van der Waals surface area contributed by atoms with Crippen molar-refractivity contribution < 1.29 is 5.11 Å². The van der Waals surface area contributed by atoms with Gasteiger partial charge < -0.3 is 10.0 Å². The third-order valence-electron chi connectivity index (χ3n) is 3.40. The van der Waals surface area contributed by atoms with Gasteiger partial charge in [0.1, 0.15) is 0 Å². The van der Waals surface area contributed by atoms with Gasteiger partial charge in [-0.05, 0) is 49.9 Å². The molecule has 1 aliphatic carbocycles. The predicted molar refractivity (Wildman–Crippen MR) is 67.8 cm³/mol. The summed E-state index contributed by atoms with van der Waals surface area (Å²) < 4.78 is 0. The summed E-state index contributed by atoms with van der Waals surface area (Å²) in [5, 5.41) is 17.7. The number of aliphatic hydroxyl groups is 1. The first-order chi connectivity index (χ1) is 8.35. The number of hydrogen-bond donors (Lipinski definition) is 1. The van der Waals surface area contributed by atoms with Crippen molar-refractivity contribution in [3.63, 3.8) is 0 Å². The standard InChI is InChI=1S/C14H18N2O/c15-11-12-5-7-14(8-6-12)16(9-2-10-17)13-3-1-4-13/h5-8,13,17H,1-4,9-10H2. The molecule has 1 aromatic rings. The minimum absolute atomic E-state index is 0.236. The van der Waals surface area contributed by atoms with Crippen LogP contribution in [0.1, 0.15) is 31.2 Å². The Balaban J connectivity index is 2.10. The van der Waals surface area contributed by atoms with Crippen LogP contribution in [0.3, 0.4) is 0 Å². The number of anilines is 1. The molecule has 3 heteroatoms. The summed E-state index contributed by atoms with van der Waals surface area (Å²) in [6, 6.07) is 10.5. The second-order valence-corrected chi connectivity index (χ2v) is 4.51. The fourth-order valence-corrected chi connectivity index (χ4v) is 2.19. The fraction of sp³-hybridized carbons (Fsp3) is 0.500. The van der Waals surface area contributed by atoms with Gasteiger partial charge in [0.05, 0.1) is 11.6 Å². The Labute approximate surface area is 102 Å². The molecule has 0 radical (unpaired) electrons. The third kappa shape index (κ3) is 2.78. The summed E-state index contributed by atoms with van der Waals surface area (Å²) in [6.45, 7) is 1.13. The lowest BCUT2D eigenvalue weighted by atomic mass is 9.91. The molecule has 0 aliphatic heterocycles. The highest BCUT2D eigenvalue weighted by Crippen LogP contribution is 2.29. The van der Waals surface area contributed by atoms with Crippen molar-refractivity contribution in [2.45, 2.75) is 31.7 Å². The van der Waals surface area contributed by atoms with E-state index < -0.39 is 0 Å². The van der Waals surface area contributed by atoms with Gasteiger partial charge in [0.2, 0.25) is 0 Å². The van der Waals surface area contributed by atoms with Crippen molar-refractivity contribution >= 4 is 5.69 Å². The highest BCUT2D eigenvalue weighted by Gasteiger charge is 2.24. The van der Waals surface area contributed by atoms with E-state index in [2.05, 4.69) is 11.0 Å². The molecule has 1 aliphatic rings. The van der Waals surface area contributed by atoms with Gasteiger partial charge in [-0.1, -0.05) is 0 Å². The second kappa shape index (κ2) is 5.70. The highest BCUT2D eigenvalue weighted by atomic mass is 16.3. The van der Waals surface area contributed by atoms with E-state index >= 15 is 0 Å². The van der Waals surface area contributed by atoms with Crippen LogP contribution in [0.4, 0.5) is 5.69 Å². The molecule has 0 unspecified atom stereocenters. The highest BCUT2D eigenvalue weighted by molar-refractivity contribution is 5.50. The summed E-state index contributed by atoms with van der Waals surface area (Å²) in [4.78, 5) is 2.36. The van der Waals surface area contributed by atoms with E-state index in [0.717, 1.165) is 13.0 Å². The summed E-state index contributed by atoms with van der Waals surface area (Å²) in [7, 11) is 0. The minimum Gasteiger partial charge on any atom is -0.396 e. The molecule has 1 fully saturated rings. The number of aliphatic hydroxyl groups excluding tert-OH is 1. The van der Waals surface area contributed by atoms with Crippen molar-refractivity contribution in [1.29, 1.82) is 5.26 Å². The molecule has 1 N–H and O–H groups in total. The summed E-state index contributed by atoms with van der Waals surface area (Å²) >= 11 is 0. The maximum atomic E-state index is 8.95. The average Bonchev–Trinajstić information content (AvgIpc) is 2.32. The van der Waals surface area contributed by atoms with Crippen molar-refractivity contribution in [2.24, 2.45) is 0 Å². The summed E-state index contributed by atoms with van der Waals surface area (Å²) in [5.41, 5.74) is 1.87. The molecular formula is C14H18N2O. The Kier molecular flexibility index (Phi) is 4.00. The van der Waals surface area contributed by atoms with Crippen LogP contribution in [-0.2, 0) is 0 Å². The van der Waals surface area contributed by atoms with Crippen LogP contribution in [0.15, 0.2) is 24.3 Å². The molecule has 1 aromatic carbocycles. The zero-order valence-electron chi connectivity index (χ0n) is 9.97. The van der Waals surface area contributed by atoms with E-state index in [1.165, 1.54) is 24.9 Å². The number of nitriles is 1. The molecular weight excluding hydrogens is 212 g/mol. The first-order valence-corrected chi connectivity index (χ1v) is 6.23. The molecule has 90 valence electrons. The average molecular weight is 230 g/mol. The summed E-state index contributed by atoms with van der Waals surface area (Å²) in [6.07, 6.45) is 4.59. The van der Waals surface area contributed by atoms with Crippen molar-refractivity contribution in [3.05, 3.63) is 29.8 Å². The molecule has 17 heavy (non-hydrogen) atoms. The largest absolute Gasteiger partial charge is 0.396 e. The van der Waals surface area contributed by atoms with E-state index in [0.29, 0.717) is 11.6 Å². The quantitative estimate of drug-likeness (QED) is 0.844. The van der Waals surface area contributed by atoms with Gasteiger partial charge in [0, 0.05) is 24.9 Å². The third-order valence-corrected chi connectivity index (χ3v) is 3.40. The maximum absolute atomic E-state index is 8.95. The monoisotopic (exact) mass is 230 g/mol. The van der Waals surface area contributed by atoms with Gasteiger partial charge >= 0.3 is 0 Å². The number of benzene rings is 1. The smallest absolute Gasteiger partial charge is 0.0991 e. The van der Waals surface area contributed by atoms with Crippen LogP contribution in [0.25, 0.3) is 0 Å². The Morgan fingerprint density at radius 3 is 2.47 bits per heavy atom. The first kappa shape index (κ1) is 11.9. The lowest BCUT2D eigenvalue weighted by Gasteiger charge is -2.39. The summed E-state index contributed by atoms with van der Waals surface area (Å²) in [5.74, 6) is 0. The molecule has 0 bridgehead atoms. The Bertz CT molecular complexity index is 390. The van der Waals surface area contributed by atoms with Gasteiger partial charge in [0.25, 0.3) is 0 Å². The molecule has 0 heterocycles. The van der Waals surface area contributed by atoms with Crippen LogP contribution >= 0.6 is 0 Å². The van der Waals surface area contributed by atoms with E-state index in [1.54, 1.807) is 0 Å².